The van der Waals surface area contributed by atoms with E-state index in [1.165, 1.54) is 18.2 Å². The Morgan fingerprint density at radius 3 is 2.67 bits per heavy atom. The Bertz CT molecular complexity index is 697. The quantitative estimate of drug-likeness (QED) is 0.771. The first-order valence-corrected chi connectivity index (χ1v) is 7.90. The van der Waals surface area contributed by atoms with Gasteiger partial charge in [0.25, 0.3) is 15.9 Å². The van der Waals surface area contributed by atoms with E-state index in [0.29, 0.717) is 16.5 Å². The van der Waals surface area contributed by atoms with Gasteiger partial charge < -0.3 is 11.1 Å². The van der Waals surface area contributed by atoms with E-state index >= 15 is 0 Å². The lowest BCUT2D eigenvalue weighted by Gasteiger charge is -2.15. The van der Waals surface area contributed by atoms with Gasteiger partial charge in [-0.05, 0) is 24.1 Å². The number of benzene rings is 1. The molecule has 21 heavy (non-hydrogen) atoms. The van der Waals surface area contributed by atoms with Crippen LogP contribution in [0, 0.1) is 5.92 Å². The molecule has 7 nitrogen and oxygen atoms in total. The van der Waals surface area contributed by atoms with Crippen molar-refractivity contribution in [1.82, 2.24) is 9.62 Å². The van der Waals surface area contributed by atoms with Gasteiger partial charge in [0, 0.05) is 12.2 Å². The lowest BCUT2D eigenvalue weighted by Crippen LogP contribution is -2.41. The maximum absolute atomic E-state index is 12.3. The summed E-state index contributed by atoms with van der Waals surface area (Å²) >= 11 is 0. The maximum Gasteiger partial charge on any atom is 0.269 e. The SMILES string of the molecule is CC(C)CNC(=O)CN1C(=O)c2cc(N)ccc2S1(=O)=O. The standard InChI is InChI=1S/C13H17N3O4S/c1-8(2)6-15-12(17)7-16-13(18)10-5-9(14)3-4-11(10)21(16,19)20/h3-5,8H,6-7,14H2,1-2H3,(H,15,17). The van der Waals surface area contributed by atoms with Gasteiger partial charge >= 0.3 is 0 Å². The van der Waals surface area contributed by atoms with Crippen LogP contribution in [0.2, 0.25) is 0 Å². The number of amides is 2. The smallest absolute Gasteiger partial charge is 0.269 e. The van der Waals surface area contributed by atoms with Crippen molar-refractivity contribution in [3.8, 4) is 0 Å². The molecule has 0 atom stereocenters. The summed E-state index contributed by atoms with van der Waals surface area (Å²) in [6.07, 6.45) is 0. The van der Waals surface area contributed by atoms with Crippen molar-refractivity contribution in [2.24, 2.45) is 5.92 Å². The number of nitrogens with one attached hydrogen (secondary N) is 1. The van der Waals surface area contributed by atoms with Gasteiger partial charge in [0.2, 0.25) is 5.91 Å². The molecule has 0 fully saturated rings. The molecule has 0 saturated carbocycles. The molecule has 0 spiro atoms. The zero-order valence-electron chi connectivity index (χ0n) is 11.8. The molecule has 2 rings (SSSR count). The van der Waals surface area contributed by atoms with E-state index in [-0.39, 0.29) is 16.4 Å². The molecule has 1 aliphatic heterocycles. The predicted molar refractivity (Wildman–Crippen MR) is 76.9 cm³/mol. The van der Waals surface area contributed by atoms with Crippen LogP contribution in [0.1, 0.15) is 24.2 Å². The van der Waals surface area contributed by atoms with Crippen molar-refractivity contribution in [1.29, 1.82) is 0 Å². The summed E-state index contributed by atoms with van der Waals surface area (Å²) in [5, 5.41) is 2.58. The monoisotopic (exact) mass is 311 g/mol. The molecule has 114 valence electrons. The number of hydrogen-bond donors (Lipinski definition) is 2. The number of nitrogen functional groups attached to an aromatic ring is 1. The summed E-state index contributed by atoms with van der Waals surface area (Å²) in [7, 11) is -3.98. The van der Waals surface area contributed by atoms with Gasteiger partial charge in [-0.3, -0.25) is 9.59 Å². The Balaban J connectivity index is 2.24. The van der Waals surface area contributed by atoms with Crippen molar-refractivity contribution in [2.45, 2.75) is 18.7 Å². The highest BCUT2D eigenvalue weighted by molar-refractivity contribution is 7.90. The van der Waals surface area contributed by atoms with E-state index in [1.807, 2.05) is 13.8 Å². The summed E-state index contributed by atoms with van der Waals surface area (Å²) in [5.41, 5.74) is 5.87. The largest absolute Gasteiger partial charge is 0.399 e. The molecular formula is C13H17N3O4S. The summed E-state index contributed by atoms with van der Waals surface area (Å²) < 4.78 is 25.1. The zero-order chi connectivity index (χ0) is 15.8. The molecule has 0 bridgehead atoms. The van der Waals surface area contributed by atoms with E-state index in [2.05, 4.69) is 5.32 Å². The van der Waals surface area contributed by atoms with Gasteiger partial charge in [0.05, 0.1) is 5.56 Å². The lowest BCUT2D eigenvalue weighted by atomic mass is 10.2. The van der Waals surface area contributed by atoms with Crippen molar-refractivity contribution < 1.29 is 18.0 Å². The van der Waals surface area contributed by atoms with Crippen LogP contribution >= 0.6 is 0 Å². The van der Waals surface area contributed by atoms with Crippen LogP contribution in [0.15, 0.2) is 23.1 Å². The van der Waals surface area contributed by atoms with Gasteiger partial charge in [-0.2, -0.15) is 0 Å². The Morgan fingerprint density at radius 1 is 1.38 bits per heavy atom. The van der Waals surface area contributed by atoms with E-state index in [0.717, 1.165) is 0 Å². The molecule has 8 heteroatoms. The predicted octanol–water partition coefficient (Wildman–Crippen LogP) is 0.186. The molecular weight excluding hydrogens is 294 g/mol. The van der Waals surface area contributed by atoms with E-state index in [1.54, 1.807) is 0 Å². The van der Waals surface area contributed by atoms with Crippen LogP contribution < -0.4 is 11.1 Å². The second-order valence-electron chi connectivity index (χ2n) is 5.27. The maximum atomic E-state index is 12.3. The molecule has 0 aromatic heterocycles. The molecule has 1 aliphatic rings. The van der Waals surface area contributed by atoms with Crippen LogP contribution in [0.25, 0.3) is 0 Å². The Hall–Kier alpha value is -2.09. The number of carbonyl (C=O) groups excluding carboxylic acids is 2. The molecule has 0 unspecified atom stereocenters. The average Bonchev–Trinajstić information content (AvgIpc) is 2.57. The van der Waals surface area contributed by atoms with Gasteiger partial charge in [0.1, 0.15) is 11.4 Å². The first-order valence-electron chi connectivity index (χ1n) is 6.46. The molecule has 2 amide bonds. The summed E-state index contributed by atoms with van der Waals surface area (Å²) in [6.45, 7) is 3.72. The molecule has 0 radical (unpaired) electrons. The summed E-state index contributed by atoms with van der Waals surface area (Å²) in [4.78, 5) is 23.8. The van der Waals surface area contributed by atoms with Crippen molar-refractivity contribution in [2.75, 3.05) is 18.8 Å². The number of nitrogens with two attached hydrogens (primary N) is 1. The first-order chi connectivity index (χ1) is 9.73. The topological polar surface area (TPSA) is 110 Å². The van der Waals surface area contributed by atoms with Crippen molar-refractivity contribution >= 4 is 27.5 Å². The number of carbonyl (C=O) groups is 2. The molecule has 0 aliphatic carbocycles. The van der Waals surface area contributed by atoms with Gasteiger partial charge in [-0.1, -0.05) is 13.8 Å². The van der Waals surface area contributed by atoms with Crippen LogP contribution in [0.3, 0.4) is 0 Å². The zero-order valence-corrected chi connectivity index (χ0v) is 12.6. The minimum atomic E-state index is -3.98. The van der Waals surface area contributed by atoms with E-state index < -0.39 is 28.4 Å². The van der Waals surface area contributed by atoms with Crippen molar-refractivity contribution in [3.05, 3.63) is 23.8 Å². The Kier molecular flexibility index (Phi) is 3.91. The van der Waals surface area contributed by atoms with Gasteiger partial charge in [-0.15, -0.1) is 0 Å². The van der Waals surface area contributed by atoms with E-state index in [4.69, 9.17) is 5.73 Å². The third kappa shape index (κ3) is 2.85. The third-order valence-corrected chi connectivity index (χ3v) is 4.81. The minimum absolute atomic E-state index is 0.00617. The van der Waals surface area contributed by atoms with Crippen LogP contribution in [-0.4, -0.2) is 37.6 Å². The number of rotatable bonds is 4. The van der Waals surface area contributed by atoms with Crippen molar-refractivity contribution in [3.63, 3.8) is 0 Å². The molecule has 1 heterocycles. The Labute approximate surface area is 123 Å². The van der Waals surface area contributed by atoms with E-state index in [9.17, 15) is 18.0 Å². The highest BCUT2D eigenvalue weighted by atomic mass is 32.2. The fraction of sp³-hybridized carbons (Fsp3) is 0.385. The molecule has 1 aromatic rings. The van der Waals surface area contributed by atoms with Crippen LogP contribution in [-0.2, 0) is 14.8 Å². The second-order valence-corrected chi connectivity index (χ2v) is 7.10. The Morgan fingerprint density at radius 2 is 2.05 bits per heavy atom. The molecule has 1 aromatic carbocycles. The normalized spacial score (nSPS) is 16.1. The number of fused-ring (bicyclic) bond motifs is 1. The highest BCUT2D eigenvalue weighted by Crippen LogP contribution is 2.31. The summed E-state index contributed by atoms with van der Waals surface area (Å²) in [6, 6.07) is 4.00. The number of sulfonamides is 1. The fourth-order valence-corrected chi connectivity index (χ4v) is 3.47. The lowest BCUT2D eigenvalue weighted by molar-refractivity contribution is -0.121. The van der Waals surface area contributed by atoms with Crippen LogP contribution in [0.5, 0.6) is 0 Å². The number of hydrogen-bond acceptors (Lipinski definition) is 5. The number of nitrogens with zero attached hydrogens (tertiary/aromatic N) is 1. The van der Waals surface area contributed by atoms with Gasteiger partial charge in [0.15, 0.2) is 0 Å². The fourth-order valence-electron chi connectivity index (χ4n) is 1.96. The molecule has 0 saturated heterocycles. The first kappa shape index (κ1) is 15.3. The summed E-state index contributed by atoms with van der Waals surface area (Å²) in [5.74, 6) is -1.00. The van der Waals surface area contributed by atoms with Crippen LogP contribution in [0.4, 0.5) is 5.69 Å². The highest BCUT2D eigenvalue weighted by Gasteiger charge is 2.42. The average molecular weight is 311 g/mol. The third-order valence-electron chi connectivity index (χ3n) is 3.02. The number of anilines is 1. The van der Waals surface area contributed by atoms with Gasteiger partial charge in [-0.25, -0.2) is 12.7 Å². The second kappa shape index (κ2) is 5.36. The molecule has 3 N–H and O–H groups in total. The minimum Gasteiger partial charge on any atom is -0.399 e.